The number of hydrogen-bond acceptors (Lipinski definition) is 7. The van der Waals surface area contributed by atoms with Crippen LogP contribution >= 0.6 is 11.8 Å². The predicted molar refractivity (Wildman–Crippen MR) is 136 cm³/mol. The zero-order valence-corrected chi connectivity index (χ0v) is 20.7. The van der Waals surface area contributed by atoms with Crippen molar-refractivity contribution in [3.8, 4) is 17.2 Å². The van der Waals surface area contributed by atoms with Crippen LogP contribution in [0.3, 0.4) is 0 Å². The monoisotopic (exact) mass is 502 g/mol. The molecule has 2 aliphatic rings. The standard InChI is InChI=1S/C27H23FN4O3S/c1-33-20-13-12-15(14-21(20)34-2)25-22-23(17-9-5-7-11-19(17)35-25)29-26-30-27(36-3)31-32(26)24(22)16-8-4-6-10-18(16)28/h4-14,24-25H,1-3H3,(H,29,30,31)/t24-,25+/m1/s1. The normalized spacial score (nSPS) is 17.9. The molecule has 36 heavy (non-hydrogen) atoms. The Hall–Kier alpha value is -3.98. The first-order chi connectivity index (χ1) is 17.6. The number of benzene rings is 3. The van der Waals surface area contributed by atoms with Crippen LogP contribution < -0.4 is 19.5 Å². The summed E-state index contributed by atoms with van der Waals surface area (Å²) in [5, 5.41) is 8.78. The summed E-state index contributed by atoms with van der Waals surface area (Å²) in [6.07, 6.45) is 1.36. The molecule has 3 aromatic carbocycles. The Labute approximate surface area is 211 Å². The van der Waals surface area contributed by atoms with Gasteiger partial charge in [-0.15, -0.1) is 5.10 Å². The van der Waals surface area contributed by atoms with Crippen LogP contribution in [0.1, 0.15) is 28.8 Å². The summed E-state index contributed by atoms with van der Waals surface area (Å²) >= 11 is 1.43. The van der Waals surface area contributed by atoms with E-state index in [1.807, 2.05) is 54.8 Å². The van der Waals surface area contributed by atoms with Crippen LogP contribution in [-0.2, 0) is 0 Å². The van der Waals surface area contributed by atoms with E-state index in [9.17, 15) is 0 Å². The maximum atomic E-state index is 15.4. The number of nitrogens with zero attached hydrogens (tertiary/aromatic N) is 3. The van der Waals surface area contributed by atoms with E-state index in [1.54, 1.807) is 31.0 Å². The first-order valence-corrected chi connectivity index (χ1v) is 12.6. The molecule has 7 nitrogen and oxygen atoms in total. The second-order valence-electron chi connectivity index (χ2n) is 8.35. The third kappa shape index (κ3) is 3.50. The number of hydrogen-bond donors (Lipinski definition) is 1. The third-order valence-corrected chi connectivity index (χ3v) is 6.99. The number of nitrogens with one attached hydrogen (secondary N) is 1. The highest BCUT2D eigenvalue weighted by Crippen LogP contribution is 2.51. The number of fused-ring (bicyclic) bond motifs is 3. The number of thioether (sulfide) groups is 1. The van der Waals surface area contributed by atoms with E-state index in [0.29, 0.717) is 33.9 Å². The molecule has 0 saturated carbocycles. The SMILES string of the molecule is COc1ccc([C@@H]2Oc3ccccc3C3=C2[C@@H](c2ccccc2F)n2nc(SC)nc2N3)cc1OC. The first-order valence-electron chi connectivity index (χ1n) is 11.4. The highest BCUT2D eigenvalue weighted by atomic mass is 32.2. The number of ether oxygens (including phenoxy) is 3. The number of para-hydroxylation sites is 1. The van der Waals surface area contributed by atoms with Gasteiger partial charge in [-0.2, -0.15) is 4.98 Å². The first kappa shape index (κ1) is 22.5. The molecular formula is C27H23FN4O3S. The predicted octanol–water partition coefficient (Wildman–Crippen LogP) is 5.72. The summed E-state index contributed by atoms with van der Waals surface area (Å²) in [7, 11) is 3.19. The van der Waals surface area contributed by atoms with Gasteiger partial charge in [0.1, 0.15) is 23.7 Å². The van der Waals surface area contributed by atoms with Crippen LogP contribution in [-0.4, -0.2) is 35.2 Å². The summed E-state index contributed by atoms with van der Waals surface area (Å²) in [4.78, 5) is 4.66. The second-order valence-corrected chi connectivity index (χ2v) is 9.13. The lowest BCUT2D eigenvalue weighted by atomic mass is 9.84. The van der Waals surface area contributed by atoms with Gasteiger partial charge in [0.2, 0.25) is 11.1 Å². The maximum absolute atomic E-state index is 15.4. The molecule has 0 bridgehead atoms. The molecule has 3 heterocycles. The van der Waals surface area contributed by atoms with Crippen molar-refractivity contribution in [2.45, 2.75) is 17.3 Å². The van der Waals surface area contributed by atoms with E-state index in [4.69, 9.17) is 19.3 Å². The molecule has 2 aliphatic heterocycles. The number of methoxy groups -OCH3 is 2. The van der Waals surface area contributed by atoms with Crippen molar-refractivity contribution in [1.82, 2.24) is 14.8 Å². The maximum Gasteiger partial charge on any atom is 0.227 e. The Morgan fingerprint density at radius 2 is 1.78 bits per heavy atom. The molecule has 1 N–H and O–H groups in total. The van der Waals surface area contributed by atoms with E-state index in [0.717, 1.165) is 22.4 Å². The van der Waals surface area contributed by atoms with Gasteiger partial charge in [0.05, 0.1) is 19.9 Å². The van der Waals surface area contributed by atoms with Crippen LogP contribution in [0.15, 0.2) is 77.5 Å². The molecule has 4 aromatic rings. The van der Waals surface area contributed by atoms with Gasteiger partial charge in [-0.05, 0) is 36.6 Å². The number of rotatable bonds is 5. The van der Waals surface area contributed by atoms with E-state index < -0.39 is 12.1 Å². The molecule has 0 aliphatic carbocycles. The lowest BCUT2D eigenvalue weighted by molar-refractivity contribution is 0.221. The van der Waals surface area contributed by atoms with Gasteiger partial charge in [-0.25, -0.2) is 9.07 Å². The van der Waals surface area contributed by atoms with Gasteiger partial charge in [0.15, 0.2) is 11.5 Å². The van der Waals surface area contributed by atoms with Gasteiger partial charge >= 0.3 is 0 Å². The Morgan fingerprint density at radius 3 is 2.56 bits per heavy atom. The molecule has 0 fully saturated rings. The molecule has 0 amide bonds. The summed E-state index contributed by atoms with van der Waals surface area (Å²) in [6, 6.07) is 19.7. The Balaban J connectivity index is 1.63. The van der Waals surface area contributed by atoms with Crippen molar-refractivity contribution >= 4 is 23.4 Å². The fourth-order valence-electron chi connectivity index (χ4n) is 4.83. The van der Waals surface area contributed by atoms with Crippen LogP contribution in [0, 0.1) is 5.82 Å². The molecule has 2 atom stereocenters. The minimum absolute atomic E-state index is 0.326. The van der Waals surface area contributed by atoms with Crippen molar-refractivity contribution in [3.05, 3.63) is 94.8 Å². The number of anilines is 1. The third-order valence-electron chi connectivity index (χ3n) is 6.45. The molecule has 6 rings (SSSR count). The minimum Gasteiger partial charge on any atom is -0.493 e. The summed E-state index contributed by atoms with van der Waals surface area (Å²) in [5.74, 6) is 2.13. The van der Waals surface area contributed by atoms with E-state index in [2.05, 4.69) is 10.3 Å². The molecule has 0 spiro atoms. The number of aromatic nitrogens is 3. The van der Waals surface area contributed by atoms with Gasteiger partial charge in [-0.1, -0.05) is 48.2 Å². The second kappa shape index (κ2) is 8.91. The summed E-state index contributed by atoms with van der Waals surface area (Å²) in [5.41, 5.74) is 3.87. The van der Waals surface area contributed by atoms with Crippen molar-refractivity contribution in [2.75, 3.05) is 25.8 Å². The van der Waals surface area contributed by atoms with Crippen LogP contribution in [0.4, 0.5) is 10.3 Å². The lowest BCUT2D eigenvalue weighted by Crippen LogP contribution is -2.32. The molecule has 0 radical (unpaired) electrons. The fraction of sp³-hybridized carbons (Fsp3) is 0.185. The smallest absolute Gasteiger partial charge is 0.227 e. The Bertz CT molecular complexity index is 1500. The van der Waals surface area contributed by atoms with E-state index >= 15 is 4.39 Å². The molecule has 0 saturated heterocycles. The number of halogens is 1. The molecule has 0 unspecified atom stereocenters. The highest BCUT2D eigenvalue weighted by molar-refractivity contribution is 7.98. The largest absolute Gasteiger partial charge is 0.493 e. The van der Waals surface area contributed by atoms with Crippen molar-refractivity contribution in [3.63, 3.8) is 0 Å². The topological polar surface area (TPSA) is 70.4 Å². The Morgan fingerprint density at radius 1 is 1.00 bits per heavy atom. The van der Waals surface area contributed by atoms with Gasteiger partial charge < -0.3 is 19.5 Å². The minimum atomic E-state index is -0.586. The quantitative estimate of drug-likeness (QED) is 0.350. The van der Waals surface area contributed by atoms with Gasteiger partial charge in [0, 0.05) is 22.3 Å². The molecule has 182 valence electrons. The molecule has 1 aromatic heterocycles. The average Bonchev–Trinajstić information content (AvgIpc) is 3.34. The van der Waals surface area contributed by atoms with Gasteiger partial charge in [-0.3, -0.25) is 0 Å². The summed E-state index contributed by atoms with van der Waals surface area (Å²) in [6.45, 7) is 0. The van der Waals surface area contributed by atoms with Crippen molar-refractivity contribution in [1.29, 1.82) is 0 Å². The summed E-state index contributed by atoms with van der Waals surface area (Å²) < 4.78 is 34.8. The van der Waals surface area contributed by atoms with E-state index in [1.165, 1.54) is 17.8 Å². The van der Waals surface area contributed by atoms with Crippen LogP contribution in [0.5, 0.6) is 17.2 Å². The lowest BCUT2D eigenvalue weighted by Gasteiger charge is -2.39. The molecule has 9 heteroatoms. The molecular weight excluding hydrogens is 479 g/mol. The van der Waals surface area contributed by atoms with Crippen molar-refractivity contribution in [2.24, 2.45) is 0 Å². The highest BCUT2D eigenvalue weighted by Gasteiger charge is 2.42. The Kier molecular flexibility index (Phi) is 5.56. The van der Waals surface area contributed by atoms with Gasteiger partial charge in [0.25, 0.3) is 0 Å². The average molecular weight is 503 g/mol. The van der Waals surface area contributed by atoms with Crippen LogP contribution in [0.25, 0.3) is 5.70 Å². The van der Waals surface area contributed by atoms with Crippen LogP contribution in [0.2, 0.25) is 0 Å². The fourth-order valence-corrected chi connectivity index (χ4v) is 5.18. The van der Waals surface area contributed by atoms with E-state index in [-0.39, 0.29) is 5.82 Å². The zero-order chi connectivity index (χ0) is 24.8. The zero-order valence-electron chi connectivity index (χ0n) is 19.9. The van der Waals surface area contributed by atoms with Crippen molar-refractivity contribution < 1.29 is 18.6 Å².